The van der Waals surface area contributed by atoms with Crippen LogP contribution in [0.25, 0.3) is 0 Å². The summed E-state index contributed by atoms with van der Waals surface area (Å²) in [7, 11) is 1.68. The lowest BCUT2D eigenvalue weighted by Gasteiger charge is -2.32. The van der Waals surface area contributed by atoms with Gasteiger partial charge in [-0.2, -0.15) is 0 Å². The van der Waals surface area contributed by atoms with Crippen LogP contribution in [0.15, 0.2) is 42.6 Å². The van der Waals surface area contributed by atoms with Gasteiger partial charge in [-0.15, -0.1) is 0 Å². The van der Waals surface area contributed by atoms with Gasteiger partial charge in [-0.1, -0.05) is 29.8 Å². The fourth-order valence-electron chi connectivity index (χ4n) is 3.29. The van der Waals surface area contributed by atoms with E-state index in [1.807, 2.05) is 43.3 Å². The fourth-order valence-corrected chi connectivity index (χ4v) is 3.29. The second-order valence-electron chi connectivity index (χ2n) is 7.07. The van der Waals surface area contributed by atoms with E-state index in [1.54, 1.807) is 13.2 Å². The Balaban J connectivity index is 1.47. The maximum absolute atomic E-state index is 12.1. The van der Waals surface area contributed by atoms with Crippen molar-refractivity contribution < 1.29 is 9.59 Å². The van der Waals surface area contributed by atoms with E-state index in [-0.39, 0.29) is 17.9 Å². The number of piperidine rings is 1. The smallest absolute Gasteiger partial charge is 0.319 e. The highest BCUT2D eigenvalue weighted by atomic mass is 16.2. The number of carbonyl (C=O) groups is 2. The third kappa shape index (κ3) is 5.22. The summed E-state index contributed by atoms with van der Waals surface area (Å²) in [6.45, 7) is 4.10. The number of amides is 3. The molecule has 1 fully saturated rings. The van der Waals surface area contributed by atoms with Gasteiger partial charge in [0, 0.05) is 32.6 Å². The zero-order valence-electron chi connectivity index (χ0n) is 16.4. The molecule has 1 aliphatic heterocycles. The number of nitrogens with one attached hydrogen (secondary N) is 3. The van der Waals surface area contributed by atoms with Gasteiger partial charge < -0.3 is 20.9 Å². The number of benzene rings is 1. The van der Waals surface area contributed by atoms with Gasteiger partial charge in [0.05, 0.1) is 11.9 Å². The Bertz CT molecular complexity index is 797. The first-order valence-corrected chi connectivity index (χ1v) is 9.58. The second kappa shape index (κ2) is 9.21. The molecule has 1 aliphatic rings. The van der Waals surface area contributed by atoms with Crippen molar-refractivity contribution in [1.29, 1.82) is 0 Å². The molecule has 3 N–H and O–H groups in total. The van der Waals surface area contributed by atoms with Crippen LogP contribution < -0.4 is 20.9 Å². The summed E-state index contributed by atoms with van der Waals surface area (Å²) >= 11 is 0. The van der Waals surface area contributed by atoms with Crippen LogP contribution >= 0.6 is 0 Å². The molecule has 0 saturated carbocycles. The minimum Gasteiger partial charge on any atom is -0.359 e. The average molecular weight is 381 g/mol. The highest BCUT2D eigenvalue weighted by molar-refractivity contribution is 5.89. The van der Waals surface area contributed by atoms with Crippen molar-refractivity contribution >= 4 is 23.4 Å². The summed E-state index contributed by atoms with van der Waals surface area (Å²) < 4.78 is 0. The van der Waals surface area contributed by atoms with Crippen molar-refractivity contribution in [2.24, 2.45) is 5.92 Å². The first kappa shape index (κ1) is 19.7. The van der Waals surface area contributed by atoms with Crippen LogP contribution in [0.5, 0.6) is 0 Å². The molecular formula is C21H27N5O2. The molecule has 0 atom stereocenters. The number of hydrogen-bond acceptors (Lipinski definition) is 4. The minimum absolute atomic E-state index is 0.0828. The van der Waals surface area contributed by atoms with Crippen LogP contribution in [0.1, 0.15) is 24.0 Å². The van der Waals surface area contributed by atoms with Crippen molar-refractivity contribution in [3.8, 4) is 0 Å². The molecule has 7 heteroatoms. The van der Waals surface area contributed by atoms with E-state index in [1.165, 1.54) is 5.56 Å². The summed E-state index contributed by atoms with van der Waals surface area (Å²) in [5, 5.41) is 8.36. The van der Waals surface area contributed by atoms with Gasteiger partial charge in [0.1, 0.15) is 5.82 Å². The first-order chi connectivity index (χ1) is 13.5. The van der Waals surface area contributed by atoms with Gasteiger partial charge >= 0.3 is 6.03 Å². The molecule has 2 aromatic rings. The standard InChI is InChI=1S/C21H27N5O2/c1-15-3-5-16(6-4-15)13-24-21(28)25-18-7-8-19(23-14-18)26-11-9-17(10-12-26)20(27)22-2/h3-8,14,17H,9-13H2,1-2H3,(H,22,27)(H2,24,25,28). The summed E-state index contributed by atoms with van der Waals surface area (Å²) in [5.74, 6) is 1.06. The van der Waals surface area contributed by atoms with Gasteiger partial charge in [-0.05, 0) is 37.5 Å². The van der Waals surface area contributed by atoms with Crippen molar-refractivity contribution in [1.82, 2.24) is 15.6 Å². The summed E-state index contributed by atoms with van der Waals surface area (Å²) in [6, 6.07) is 11.5. The van der Waals surface area contributed by atoms with Crippen LogP contribution in [0, 0.1) is 12.8 Å². The number of carbonyl (C=O) groups excluding carboxylic acids is 2. The van der Waals surface area contributed by atoms with E-state index in [4.69, 9.17) is 0 Å². The number of aromatic nitrogens is 1. The molecule has 28 heavy (non-hydrogen) atoms. The maximum Gasteiger partial charge on any atom is 0.319 e. The second-order valence-corrected chi connectivity index (χ2v) is 7.07. The van der Waals surface area contributed by atoms with E-state index >= 15 is 0 Å². The Labute approximate surface area is 165 Å². The predicted molar refractivity (Wildman–Crippen MR) is 110 cm³/mol. The Morgan fingerprint density at radius 3 is 2.43 bits per heavy atom. The van der Waals surface area contributed by atoms with Gasteiger partial charge in [0.25, 0.3) is 0 Å². The van der Waals surface area contributed by atoms with E-state index in [0.29, 0.717) is 12.2 Å². The summed E-state index contributed by atoms with van der Waals surface area (Å²) in [5.41, 5.74) is 2.89. The molecule has 1 aromatic heterocycles. The van der Waals surface area contributed by atoms with E-state index in [9.17, 15) is 9.59 Å². The number of nitrogens with zero attached hydrogens (tertiary/aromatic N) is 2. The van der Waals surface area contributed by atoms with Gasteiger partial charge in [-0.3, -0.25) is 4.79 Å². The van der Waals surface area contributed by atoms with Crippen LogP contribution in [0.4, 0.5) is 16.3 Å². The van der Waals surface area contributed by atoms with Crippen molar-refractivity contribution in [2.45, 2.75) is 26.3 Å². The number of hydrogen-bond donors (Lipinski definition) is 3. The third-order valence-corrected chi connectivity index (χ3v) is 5.02. The lowest BCUT2D eigenvalue weighted by Crippen LogP contribution is -2.39. The summed E-state index contributed by atoms with van der Waals surface area (Å²) in [4.78, 5) is 30.4. The Morgan fingerprint density at radius 1 is 1.11 bits per heavy atom. The summed E-state index contributed by atoms with van der Waals surface area (Å²) in [6.07, 6.45) is 3.30. The van der Waals surface area contributed by atoms with Crippen LogP contribution in [0.3, 0.4) is 0 Å². The number of anilines is 2. The Kier molecular flexibility index (Phi) is 6.47. The average Bonchev–Trinajstić information content (AvgIpc) is 2.73. The topological polar surface area (TPSA) is 86.4 Å². The van der Waals surface area contributed by atoms with E-state index < -0.39 is 0 Å². The van der Waals surface area contributed by atoms with Gasteiger partial charge in [-0.25, -0.2) is 9.78 Å². The molecule has 0 radical (unpaired) electrons. The van der Waals surface area contributed by atoms with Crippen LogP contribution in [-0.4, -0.2) is 37.1 Å². The van der Waals surface area contributed by atoms with Crippen LogP contribution in [0.2, 0.25) is 0 Å². The molecule has 2 heterocycles. The predicted octanol–water partition coefficient (Wildman–Crippen LogP) is 2.67. The third-order valence-electron chi connectivity index (χ3n) is 5.02. The van der Waals surface area contributed by atoms with Crippen molar-refractivity contribution in [3.05, 3.63) is 53.7 Å². The fraction of sp³-hybridized carbons (Fsp3) is 0.381. The normalized spacial score (nSPS) is 14.4. The largest absolute Gasteiger partial charge is 0.359 e. The SMILES string of the molecule is CNC(=O)C1CCN(c2ccc(NC(=O)NCc3ccc(C)cc3)cn2)CC1. The monoisotopic (exact) mass is 381 g/mol. The number of pyridine rings is 1. The van der Waals surface area contributed by atoms with Crippen molar-refractivity contribution in [2.75, 3.05) is 30.4 Å². The molecule has 7 nitrogen and oxygen atoms in total. The van der Waals surface area contributed by atoms with Gasteiger partial charge in [0.15, 0.2) is 0 Å². The molecule has 148 valence electrons. The molecule has 0 unspecified atom stereocenters. The molecule has 0 aliphatic carbocycles. The van der Waals surface area contributed by atoms with E-state index in [2.05, 4.69) is 25.8 Å². The maximum atomic E-state index is 12.1. The molecule has 1 saturated heterocycles. The lowest BCUT2D eigenvalue weighted by molar-refractivity contribution is -0.125. The molecule has 3 rings (SSSR count). The number of urea groups is 1. The van der Waals surface area contributed by atoms with E-state index in [0.717, 1.165) is 37.3 Å². The molecule has 0 spiro atoms. The quantitative estimate of drug-likeness (QED) is 0.743. The number of rotatable bonds is 5. The highest BCUT2D eigenvalue weighted by Crippen LogP contribution is 2.22. The Hall–Kier alpha value is -3.09. The molecule has 0 bridgehead atoms. The minimum atomic E-state index is -0.262. The Morgan fingerprint density at radius 2 is 1.82 bits per heavy atom. The highest BCUT2D eigenvalue weighted by Gasteiger charge is 2.24. The zero-order valence-corrected chi connectivity index (χ0v) is 16.4. The zero-order chi connectivity index (χ0) is 19.9. The molecule has 3 amide bonds. The lowest BCUT2D eigenvalue weighted by atomic mass is 9.96. The van der Waals surface area contributed by atoms with Crippen LogP contribution in [-0.2, 0) is 11.3 Å². The molecule has 1 aromatic carbocycles. The van der Waals surface area contributed by atoms with Crippen molar-refractivity contribution in [3.63, 3.8) is 0 Å². The first-order valence-electron chi connectivity index (χ1n) is 9.58. The number of aryl methyl sites for hydroxylation is 1. The van der Waals surface area contributed by atoms with Gasteiger partial charge in [0.2, 0.25) is 5.91 Å². The molecular weight excluding hydrogens is 354 g/mol.